The molecule has 3 rings (SSSR count). The normalized spacial score (nSPS) is 11.9. The minimum absolute atomic E-state index is 0.0684. The predicted octanol–water partition coefficient (Wildman–Crippen LogP) is 4.88. The van der Waals surface area contributed by atoms with Crippen molar-refractivity contribution in [1.29, 1.82) is 10.5 Å². The third kappa shape index (κ3) is 4.03. The van der Waals surface area contributed by atoms with Crippen molar-refractivity contribution in [1.82, 2.24) is 4.57 Å². The van der Waals surface area contributed by atoms with Crippen LogP contribution in [0.1, 0.15) is 27.8 Å². The van der Waals surface area contributed by atoms with Crippen LogP contribution in [0.2, 0.25) is 0 Å². The molecule has 0 saturated heterocycles. The summed E-state index contributed by atoms with van der Waals surface area (Å²) >= 11 is 0. The second-order valence-electron chi connectivity index (χ2n) is 6.70. The van der Waals surface area contributed by atoms with Gasteiger partial charge in [0.05, 0.1) is 22.7 Å². The number of aryl methyl sites for hydroxylation is 1. The summed E-state index contributed by atoms with van der Waals surface area (Å²) in [6.45, 7) is 1.64. The van der Waals surface area contributed by atoms with Gasteiger partial charge in [0, 0.05) is 23.7 Å². The van der Waals surface area contributed by atoms with Gasteiger partial charge in [0.2, 0.25) is 0 Å². The SMILES string of the molecule is Cc1cc(Cn2cc(/C=C(\C#N)C(=O)O)c3c(C#N)cccc32)cc(C(F)(F)F)c1. The zero-order valence-electron chi connectivity index (χ0n) is 15.7. The van der Waals surface area contributed by atoms with Crippen molar-refractivity contribution < 1.29 is 23.1 Å². The minimum atomic E-state index is -4.48. The number of carbonyl (C=O) groups is 1. The molecule has 0 saturated carbocycles. The molecule has 0 spiro atoms. The van der Waals surface area contributed by atoms with E-state index in [2.05, 4.69) is 0 Å². The smallest absolute Gasteiger partial charge is 0.416 e. The Morgan fingerprint density at radius 1 is 1.23 bits per heavy atom. The molecule has 150 valence electrons. The number of nitrogens with zero attached hydrogens (tertiary/aromatic N) is 3. The number of rotatable bonds is 4. The summed E-state index contributed by atoms with van der Waals surface area (Å²) in [4.78, 5) is 11.2. The van der Waals surface area contributed by atoms with E-state index < -0.39 is 23.3 Å². The summed E-state index contributed by atoms with van der Waals surface area (Å²) in [6, 6.07) is 12.2. The van der Waals surface area contributed by atoms with Crippen molar-refractivity contribution in [2.75, 3.05) is 0 Å². The maximum atomic E-state index is 13.2. The summed E-state index contributed by atoms with van der Waals surface area (Å²) < 4.78 is 41.1. The third-order valence-electron chi connectivity index (χ3n) is 4.52. The van der Waals surface area contributed by atoms with Gasteiger partial charge in [-0.25, -0.2) is 4.79 Å². The molecule has 1 aromatic heterocycles. The van der Waals surface area contributed by atoms with E-state index in [1.807, 2.05) is 6.07 Å². The van der Waals surface area contributed by atoms with E-state index >= 15 is 0 Å². The quantitative estimate of drug-likeness (QED) is 0.491. The van der Waals surface area contributed by atoms with Crippen molar-refractivity contribution in [3.8, 4) is 12.1 Å². The Morgan fingerprint density at radius 3 is 2.57 bits per heavy atom. The molecule has 0 bridgehead atoms. The average molecular weight is 409 g/mol. The van der Waals surface area contributed by atoms with Gasteiger partial charge in [-0.3, -0.25) is 0 Å². The number of carboxylic acids is 1. The summed E-state index contributed by atoms with van der Waals surface area (Å²) in [5.41, 5.74) is 0.701. The van der Waals surface area contributed by atoms with E-state index in [1.165, 1.54) is 6.20 Å². The maximum absolute atomic E-state index is 13.2. The molecule has 0 aliphatic carbocycles. The number of hydrogen-bond donors (Lipinski definition) is 1. The molecule has 5 nitrogen and oxygen atoms in total. The highest BCUT2D eigenvalue weighted by Crippen LogP contribution is 2.32. The van der Waals surface area contributed by atoms with E-state index in [0.29, 0.717) is 27.6 Å². The Kier molecular flexibility index (Phi) is 5.35. The summed E-state index contributed by atoms with van der Waals surface area (Å²) in [7, 11) is 0. The number of fused-ring (bicyclic) bond motifs is 1. The number of alkyl halides is 3. The first-order chi connectivity index (χ1) is 14.1. The lowest BCUT2D eigenvalue weighted by molar-refractivity contribution is -0.137. The Labute approximate surface area is 169 Å². The molecule has 0 amide bonds. The molecule has 8 heteroatoms. The minimum Gasteiger partial charge on any atom is -0.477 e. The van der Waals surface area contributed by atoms with Crippen LogP contribution in [0.25, 0.3) is 17.0 Å². The van der Waals surface area contributed by atoms with Crippen molar-refractivity contribution >= 4 is 22.9 Å². The van der Waals surface area contributed by atoms with Gasteiger partial charge in [0.15, 0.2) is 0 Å². The number of carboxylic acid groups (broad SMARTS) is 1. The number of hydrogen-bond acceptors (Lipinski definition) is 3. The molecule has 0 aliphatic heterocycles. The number of halogens is 3. The van der Waals surface area contributed by atoms with Crippen LogP contribution in [0.5, 0.6) is 0 Å². The van der Waals surface area contributed by atoms with Gasteiger partial charge in [-0.1, -0.05) is 17.7 Å². The summed E-state index contributed by atoms with van der Waals surface area (Å²) in [6.07, 6.45) is -1.80. The van der Waals surface area contributed by atoms with Gasteiger partial charge in [-0.05, 0) is 42.8 Å². The van der Waals surface area contributed by atoms with E-state index in [-0.39, 0.29) is 12.1 Å². The Balaban J connectivity index is 2.20. The van der Waals surface area contributed by atoms with Crippen LogP contribution < -0.4 is 0 Å². The monoisotopic (exact) mass is 409 g/mol. The Bertz CT molecular complexity index is 1270. The van der Waals surface area contributed by atoms with Crippen LogP contribution in [-0.2, 0) is 17.5 Å². The fourth-order valence-electron chi connectivity index (χ4n) is 3.33. The number of nitriles is 2. The molecule has 2 aromatic carbocycles. The molecule has 0 unspecified atom stereocenters. The van der Waals surface area contributed by atoms with Crippen LogP contribution >= 0.6 is 0 Å². The van der Waals surface area contributed by atoms with Crippen LogP contribution in [0, 0.1) is 29.6 Å². The molecular weight excluding hydrogens is 395 g/mol. The molecule has 0 radical (unpaired) electrons. The van der Waals surface area contributed by atoms with Crippen molar-refractivity contribution in [2.45, 2.75) is 19.6 Å². The lowest BCUT2D eigenvalue weighted by atomic mass is 10.1. The van der Waals surface area contributed by atoms with Gasteiger partial charge in [0.1, 0.15) is 11.6 Å². The summed E-state index contributed by atoms with van der Waals surface area (Å²) in [5.74, 6) is -1.42. The van der Waals surface area contributed by atoms with Crippen LogP contribution in [0.3, 0.4) is 0 Å². The fourth-order valence-corrected chi connectivity index (χ4v) is 3.33. The van der Waals surface area contributed by atoms with Crippen LogP contribution in [0.15, 0.2) is 48.2 Å². The van der Waals surface area contributed by atoms with Crippen molar-refractivity contribution in [3.63, 3.8) is 0 Å². The highest BCUT2D eigenvalue weighted by Gasteiger charge is 2.31. The third-order valence-corrected chi connectivity index (χ3v) is 4.52. The molecule has 0 atom stereocenters. The highest BCUT2D eigenvalue weighted by atomic mass is 19.4. The average Bonchev–Trinajstić information content (AvgIpc) is 3.02. The van der Waals surface area contributed by atoms with Crippen LogP contribution in [-0.4, -0.2) is 15.6 Å². The molecule has 1 heterocycles. The van der Waals surface area contributed by atoms with Gasteiger partial charge in [-0.15, -0.1) is 0 Å². The molecular formula is C22H14F3N3O2. The van der Waals surface area contributed by atoms with Gasteiger partial charge < -0.3 is 9.67 Å². The van der Waals surface area contributed by atoms with E-state index in [1.54, 1.807) is 41.8 Å². The first-order valence-electron chi connectivity index (χ1n) is 8.69. The van der Waals surface area contributed by atoms with Crippen molar-refractivity contribution in [3.05, 3.63) is 76.0 Å². The number of aromatic nitrogens is 1. The predicted molar refractivity (Wildman–Crippen MR) is 103 cm³/mol. The number of aliphatic carboxylic acids is 1. The zero-order chi connectivity index (χ0) is 22.1. The maximum Gasteiger partial charge on any atom is 0.416 e. The lowest BCUT2D eigenvalue weighted by Crippen LogP contribution is -2.07. The second kappa shape index (κ2) is 7.76. The molecule has 0 fully saturated rings. The highest BCUT2D eigenvalue weighted by molar-refractivity contribution is 6.01. The lowest BCUT2D eigenvalue weighted by Gasteiger charge is -2.12. The van der Waals surface area contributed by atoms with E-state index in [4.69, 9.17) is 10.4 Å². The largest absolute Gasteiger partial charge is 0.477 e. The Hall–Kier alpha value is -4.04. The summed E-state index contributed by atoms with van der Waals surface area (Å²) in [5, 5.41) is 28.1. The molecule has 1 N–H and O–H groups in total. The zero-order valence-corrected chi connectivity index (χ0v) is 15.7. The fraction of sp³-hybridized carbons (Fsp3) is 0.136. The Morgan fingerprint density at radius 2 is 1.97 bits per heavy atom. The molecule has 0 aliphatic rings. The standard InChI is InChI=1S/C22H14F3N3O2/c1-13-5-14(7-18(6-13)22(23,24)25)11-28-12-17(8-16(10-27)21(29)30)20-15(9-26)3-2-4-19(20)28/h2-8,12H,11H2,1H3,(H,29,30)/b16-8+. The molecule has 30 heavy (non-hydrogen) atoms. The van der Waals surface area contributed by atoms with Gasteiger partial charge in [-0.2, -0.15) is 23.7 Å². The molecule has 3 aromatic rings. The topological polar surface area (TPSA) is 89.8 Å². The van der Waals surface area contributed by atoms with E-state index in [9.17, 15) is 23.2 Å². The first kappa shape index (κ1) is 20.7. The van der Waals surface area contributed by atoms with Crippen LogP contribution in [0.4, 0.5) is 13.2 Å². The van der Waals surface area contributed by atoms with Gasteiger partial charge >= 0.3 is 12.1 Å². The second-order valence-corrected chi connectivity index (χ2v) is 6.70. The number of benzene rings is 2. The first-order valence-corrected chi connectivity index (χ1v) is 8.69. The van der Waals surface area contributed by atoms with Gasteiger partial charge in [0.25, 0.3) is 0 Å². The van der Waals surface area contributed by atoms with E-state index in [0.717, 1.165) is 18.2 Å². The van der Waals surface area contributed by atoms with Crippen molar-refractivity contribution in [2.24, 2.45) is 0 Å².